The molecule has 526 valence electrons. The van der Waals surface area contributed by atoms with Gasteiger partial charge in [0.2, 0.25) is 0 Å². The molecule has 0 heterocycles. The van der Waals surface area contributed by atoms with Crippen LogP contribution in [0.5, 0.6) is 0 Å². The highest BCUT2D eigenvalue weighted by Crippen LogP contribution is 2.38. The molecule has 2 atom stereocenters. The third kappa shape index (κ3) is 75.4. The molecular weight excluding hydrogens is 1180 g/mol. The van der Waals surface area contributed by atoms with Gasteiger partial charge in [-0.2, -0.15) is 0 Å². The minimum atomic E-state index is -4.67. The number of quaternary nitrogens is 1. The smallest absolute Gasteiger partial charge is 0.306 e. The van der Waals surface area contributed by atoms with Crippen molar-refractivity contribution in [3.05, 3.63) is 219 Å². The maximum atomic E-state index is 12.9. The predicted molar refractivity (Wildman–Crippen MR) is 405 cm³/mol. The van der Waals surface area contributed by atoms with Crippen molar-refractivity contribution >= 4 is 19.8 Å². The van der Waals surface area contributed by atoms with Gasteiger partial charge in [0.1, 0.15) is 19.8 Å². The summed E-state index contributed by atoms with van der Waals surface area (Å²) in [6.07, 6.45) is 114. The molecule has 0 rings (SSSR count). The molecule has 0 fully saturated rings. The summed E-state index contributed by atoms with van der Waals surface area (Å²) in [6, 6.07) is 0. The largest absolute Gasteiger partial charge is 0.756 e. The maximum absolute atomic E-state index is 12.9. The van der Waals surface area contributed by atoms with E-state index in [1.54, 1.807) is 0 Å². The zero-order chi connectivity index (χ0) is 68.3. The summed E-state index contributed by atoms with van der Waals surface area (Å²) in [5.41, 5.74) is 0. The summed E-state index contributed by atoms with van der Waals surface area (Å²) in [5.74, 6) is -0.879. The summed E-state index contributed by atoms with van der Waals surface area (Å²) in [5, 5.41) is 0. The number of likely N-dealkylation sites (N-methyl/N-ethyl adjacent to an activating group) is 1. The van der Waals surface area contributed by atoms with Gasteiger partial charge < -0.3 is 27.9 Å². The quantitative estimate of drug-likeness (QED) is 0.0195. The molecule has 0 N–H and O–H groups in total. The first-order valence-electron chi connectivity index (χ1n) is 36.4. The number of nitrogens with zero attached hydrogens (tertiary/aromatic N) is 1. The Hall–Kier alpha value is -5.67. The first-order chi connectivity index (χ1) is 46.0. The average Bonchev–Trinajstić information content (AvgIpc) is 1.56. The van der Waals surface area contributed by atoms with E-state index in [2.05, 4.69) is 233 Å². The van der Waals surface area contributed by atoms with Crippen LogP contribution in [0.15, 0.2) is 219 Å². The summed E-state index contributed by atoms with van der Waals surface area (Å²) in [7, 11) is 1.12. The van der Waals surface area contributed by atoms with E-state index in [1.165, 1.54) is 32.1 Å². The minimum Gasteiger partial charge on any atom is -0.756 e. The van der Waals surface area contributed by atoms with Crippen LogP contribution in [0, 0.1) is 0 Å². The van der Waals surface area contributed by atoms with Crippen LogP contribution >= 0.6 is 7.82 Å². The molecular formula is C84H132NO8P. The number of ether oxygens (including phenoxy) is 2. The number of carbonyl (C=O) groups excluding carboxylic acids is 2. The predicted octanol–water partition coefficient (Wildman–Crippen LogP) is 23.7. The Bertz CT molecular complexity index is 2390. The average molecular weight is 1310 g/mol. The number of unbranched alkanes of at least 4 members (excludes halogenated alkanes) is 14. The van der Waals surface area contributed by atoms with Gasteiger partial charge in [0, 0.05) is 12.8 Å². The van der Waals surface area contributed by atoms with Crippen molar-refractivity contribution in [1.29, 1.82) is 0 Å². The van der Waals surface area contributed by atoms with E-state index in [-0.39, 0.29) is 26.1 Å². The number of allylic oxidation sites excluding steroid dienone is 36. The Morgan fingerprint density at radius 2 is 0.574 bits per heavy atom. The number of phosphoric acid groups is 1. The molecule has 10 heteroatoms. The standard InChI is InChI=1S/C84H132NO8P/c1-6-8-10-12-14-16-18-20-22-24-26-28-30-32-34-36-38-39-40-41-42-43-44-45-47-49-51-53-55-57-59-61-63-65-67-69-71-73-75-77-84(87)93-82(81-92-94(88,89)91-79-78-85(3,4)5)80-90-83(86)76-74-72-70-68-66-64-62-60-58-56-54-52-50-48-46-37-35-33-31-29-27-25-23-21-19-17-15-13-11-9-7-2/h8-11,14-17,20-23,26-29,32-35,38-39,41-42,44-46,48-49,51-52,54-55,57,61,63,82H,6-7,12-13,18-19,24-25,30-31,36-37,40,43,47,50,53,56,58-60,62,64-81H2,1-5H3/b10-8-,11-9-,16-14-,17-15-,22-20-,23-21-,28-26-,29-27-,34-32-,35-33-,39-38-,42-41-,45-44-,48-46-,51-49-,54-52-,57-55-,63-61-. The van der Waals surface area contributed by atoms with Crippen LogP contribution in [-0.2, 0) is 32.7 Å². The van der Waals surface area contributed by atoms with Crippen molar-refractivity contribution in [3.63, 3.8) is 0 Å². The summed E-state index contributed by atoms with van der Waals surface area (Å²) in [4.78, 5) is 38.1. The second-order valence-corrected chi connectivity index (χ2v) is 25.9. The molecule has 0 aliphatic carbocycles. The molecule has 0 saturated heterocycles. The SMILES string of the molecule is CC/C=C\C/C=C\C/C=C\C/C=C\C/C=C\C/C=C\C/C=C\C/C=C\C/C=C\C/C=C\C/C=C\CCCCCCCC(=O)OC(COC(=O)CCCCCCCCCCC/C=C\C/C=C\C/C=C\C/C=C\C/C=C\C/C=C\C/C=C\CC)COP(=O)([O-])OCC[N+](C)(C)C. The topological polar surface area (TPSA) is 111 Å². The molecule has 0 spiro atoms. The van der Waals surface area contributed by atoms with Gasteiger partial charge >= 0.3 is 11.9 Å². The Balaban J connectivity index is 4.20. The van der Waals surface area contributed by atoms with Gasteiger partial charge in [-0.05, 0) is 154 Å². The highest BCUT2D eigenvalue weighted by Gasteiger charge is 2.22. The normalized spacial score (nSPS) is 14.4. The minimum absolute atomic E-state index is 0.0483. The highest BCUT2D eigenvalue weighted by atomic mass is 31.2. The number of carbonyl (C=O) groups is 2. The van der Waals surface area contributed by atoms with E-state index in [4.69, 9.17) is 18.5 Å². The van der Waals surface area contributed by atoms with Crippen molar-refractivity contribution in [2.24, 2.45) is 0 Å². The highest BCUT2D eigenvalue weighted by molar-refractivity contribution is 7.45. The van der Waals surface area contributed by atoms with Gasteiger partial charge in [-0.15, -0.1) is 0 Å². The summed E-state index contributed by atoms with van der Waals surface area (Å²) < 4.78 is 34.3. The van der Waals surface area contributed by atoms with Crippen molar-refractivity contribution in [2.75, 3.05) is 47.5 Å². The van der Waals surface area contributed by atoms with Gasteiger partial charge in [0.15, 0.2) is 6.10 Å². The van der Waals surface area contributed by atoms with Crippen LogP contribution in [0.2, 0.25) is 0 Å². The van der Waals surface area contributed by atoms with Crippen LogP contribution < -0.4 is 4.89 Å². The van der Waals surface area contributed by atoms with Crippen LogP contribution in [0.25, 0.3) is 0 Å². The van der Waals surface area contributed by atoms with Gasteiger partial charge in [-0.3, -0.25) is 14.2 Å². The van der Waals surface area contributed by atoms with Crippen molar-refractivity contribution < 1.29 is 42.1 Å². The van der Waals surface area contributed by atoms with E-state index in [9.17, 15) is 19.0 Å². The molecule has 94 heavy (non-hydrogen) atoms. The van der Waals surface area contributed by atoms with Gasteiger partial charge in [-0.25, -0.2) is 0 Å². The van der Waals surface area contributed by atoms with E-state index in [1.807, 2.05) is 21.1 Å². The molecule has 0 aliphatic rings. The summed E-state index contributed by atoms with van der Waals surface area (Å²) in [6.45, 7) is 3.95. The molecule has 0 saturated carbocycles. The molecule has 0 aromatic carbocycles. The zero-order valence-electron chi connectivity index (χ0n) is 59.8. The Morgan fingerprint density at radius 1 is 0.330 bits per heavy atom. The number of rotatable bonds is 64. The lowest BCUT2D eigenvalue weighted by atomic mass is 10.1. The van der Waals surface area contributed by atoms with Crippen LogP contribution in [0.1, 0.15) is 245 Å². The van der Waals surface area contributed by atoms with Crippen molar-refractivity contribution in [3.8, 4) is 0 Å². The molecule has 0 amide bonds. The first-order valence-corrected chi connectivity index (χ1v) is 37.9. The second-order valence-electron chi connectivity index (χ2n) is 24.5. The van der Waals surface area contributed by atoms with Crippen LogP contribution in [0.3, 0.4) is 0 Å². The number of phosphoric ester groups is 1. The van der Waals surface area contributed by atoms with E-state index >= 15 is 0 Å². The Kier molecular flexibility index (Phi) is 67.3. The molecule has 0 aromatic heterocycles. The lowest BCUT2D eigenvalue weighted by Crippen LogP contribution is -2.37. The fourth-order valence-corrected chi connectivity index (χ4v) is 9.72. The zero-order valence-corrected chi connectivity index (χ0v) is 60.7. The molecule has 0 aliphatic heterocycles. The second kappa shape index (κ2) is 71.6. The van der Waals surface area contributed by atoms with Crippen LogP contribution in [0.4, 0.5) is 0 Å². The number of hydrogen-bond acceptors (Lipinski definition) is 8. The first kappa shape index (κ1) is 88.3. The molecule has 0 radical (unpaired) electrons. The van der Waals surface area contributed by atoms with Crippen molar-refractivity contribution in [2.45, 2.75) is 251 Å². The fraction of sp³-hybridized carbons (Fsp3) is 0.548. The van der Waals surface area contributed by atoms with E-state index in [0.29, 0.717) is 23.9 Å². The molecule has 9 nitrogen and oxygen atoms in total. The lowest BCUT2D eigenvalue weighted by Gasteiger charge is -2.28. The van der Waals surface area contributed by atoms with E-state index < -0.39 is 32.5 Å². The third-order valence-electron chi connectivity index (χ3n) is 14.5. The number of hydrogen-bond donors (Lipinski definition) is 0. The lowest BCUT2D eigenvalue weighted by molar-refractivity contribution is -0.870. The fourth-order valence-electron chi connectivity index (χ4n) is 8.99. The molecule has 0 bridgehead atoms. The Morgan fingerprint density at radius 3 is 0.851 bits per heavy atom. The molecule has 2 unspecified atom stereocenters. The van der Waals surface area contributed by atoms with Gasteiger partial charge in [-0.1, -0.05) is 297 Å². The summed E-state index contributed by atoms with van der Waals surface area (Å²) >= 11 is 0. The monoisotopic (exact) mass is 1310 g/mol. The van der Waals surface area contributed by atoms with Crippen LogP contribution in [-0.4, -0.2) is 70.0 Å². The number of esters is 2. The van der Waals surface area contributed by atoms with Crippen molar-refractivity contribution in [1.82, 2.24) is 0 Å². The Labute approximate surface area is 576 Å². The van der Waals surface area contributed by atoms with Gasteiger partial charge in [0.25, 0.3) is 7.82 Å². The third-order valence-corrected chi connectivity index (χ3v) is 15.5. The van der Waals surface area contributed by atoms with E-state index in [0.717, 1.165) is 173 Å². The molecule has 0 aromatic rings. The van der Waals surface area contributed by atoms with Gasteiger partial charge in [0.05, 0.1) is 27.7 Å². The maximum Gasteiger partial charge on any atom is 0.306 e.